The molecule has 2 rings (SSSR count). The smallest absolute Gasteiger partial charge is 0.336 e. The van der Waals surface area contributed by atoms with Crippen LogP contribution >= 0.6 is 15.9 Å². The molecule has 0 spiro atoms. The lowest BCUT2D eigenvalue weighted by atomic mass is 9.86. The Morgan fingerprint density at radius 2 is 2.05 bits per heavy atom. The highest BCUT2D eigenvalue weighted by atomic mass is 79.9. The van der Waals surface area contributed by atoms with E-state index in [-0.39, 0.29) is 11.7 Å². The Balaban J connectivity index is 2.00. The van der Waals surface area contributed by atoms with E-state index < -0.39 is 5.97 Å². The van der Waals surface area contributed by atoms with Gasteiger partial charge in [0.15, 0.2) is 0 Å². The lowest BCUT2D eigenvalue weighted by Gasteiger charge is -2.28. The van der Waals surface area contributed by atoms with Crippen LogP contribution in [-0.2, 0) is 0 Å². The van der Waals surface area contributed by atoms with E-state index in [9.17, 15) is 4.79 Å². The monoisotopic (exact) mass is 326 g/mol. The molecular formula is C15H19BrO3. The van der Waals surface area contributed by atoms with Crippen molar-refractivity contribution in [3.05, 3.63) is 28.2 Å². The highest BCUT2D eigenvalue weighted by Gasteiger charge is 2.21. The van der Waals surface area contributed by atoms with Crippen LogP contribution in [0.15, 0.2) is 22.7 Å². The van der Waals surface area contributed by atoms with Crippen LogP contribution in [0.5, 0.6) is 5.75 Å². The molecule has 1 saturated carbocycles. The predicted molar refractivity (Wildman–Crippen MR) is 77.8 cm³/mol. The number of hydrogen-bond donors (Lipinski definition) is 1. The maximum absolute atomic E-state index is 11.1. The van der Waals surface area contributed by atoms with Gasteiger partial charge in [-0.3, -0.25) is 0 Å². The summed E-state index contributed by atoms with van der Waals surface area (Å²) < 4.78 is 6.50. The minimum atomic E-state index is -0.938. The van der Waals surface area contributed by atoms with Gasteiger partial charge in [0, 0.05) is 4.47 Å². The Bertz CT molecular complexity index is 451. The summed E-state index contributed by atoms with van der Waals surface area (Å²) in [7, 11) is 0. The second-order valence-corrected chi connectivity index (χ2v) is 5.97. The number of ether oxygens (including phenoxy) is 1. The fourth-order valence-corrected chi connectivity index (χ4v) is 3.01. The van der Waals surface area contributed by atoms with Gasteiger partial charge in [-0.25, -0.2) is 4.79 Å². The molecule has 1 aliphatic rings. The SMILES string of the molecule is CCC1CCC(Oc2ccc(Br)c(C(=O)O)c2)CC1. The van der Waals surface area contributed by atoms with Crippen molar-refractivity contribution in [3.8, 4) is 5.75 Å². The van der Waals surface area contributed by atoms with Crippen LogP contribution in [-0.4, -0.2) is 17.2 Å². The summed E-state index contributed by atoms with van der Waals surface area (Å²) in [4.78, 5) is 11.1. The molecule has 19 heavy (non-hydrogen) atoms. The molecular weight excluding hydrogens is 308 g/mol. The topological polar surface area (TPSA) is 46.5 Å². The van der Waals surface area contributed by atoms with E-state index in [1.807, 2.05) is 6.07 Å². The molecule has 0 aromatic heterocycles. The van der Waals surface area contributed by atoms with Crippen LogP contribution in [0, 0.1) is 5.92 Å². The van der Waals surface area contributed by atoms with E-state index in [4.69, 9.17) is 9.84 Å². The number of hydrogen-bond acceptors (Lipinski definition) is 2. The van der Waals surface area contributed by atoms with Gasteiger partial charge < -0.3 is 9.84 Å². The molecule has 1 aromatic carbocycles. The molecule has 0 heterocycles. The van der Waals surface area contributed by atoms with Crippen molar-refractivity contribution in [1.29, 1.82) is 0 Å². The fraction of sp³-hybridized carbons (Fsp3) is 0.533. The van der Waals surface area contributed by atoms with E-state index in [1.54, 1.807) is 12.1 Å². The predicted octanol–water partition coefficient (Wildman–Crippen LogP) is 4.49. The van der Waals surface area contributed by atoms with Gasteiger partial charge in [0.1, 0.15) is 5.75 Å². The molecule has 0 aliphatic heterocycles. The number of carboxylic acids is 1. The highest BCUT2D eigenvalue weighted by molar-refractivity contribution is 9.10. The van der Waals surface area contributed by atoms with Crippen LogP contribution in [0.3, 0.4) is 0 Å². The molecule has 1 aliphatic carbocycles. The summed E-state index contributed by atoms with van der Waals surface area (Å²) in [5, 5.41) is 9.08. The van der Waals surface area contributed by atoms with E-state index in [0.717, 1.165) is 18.8 Å². The minimum Gasteiger partial charge on any atom is -0.490 e. The second kappa shape index (κ2) is 6.42. The van der Waals surface area contributed by atoms with E-state index >= 15 is 0 Å². The van der Waals surface area contributed by atoms with Gasteiger partial charge in [-0.15, -0.1) is 0 Å². The zero-order valence-corrected chi connectivity index (χ0v) is 12.6. The number of carboxylic acid groups (broad SMARTS) is 1. The van der Waals surface area contributed by atoms with Crippen LogP contribution in [0.4, 0.5) is 0 Å². The number of aromatic carboxylic acids is 1. The van der Waals surface area contributed by atoms with Crippen molar-refractivity contribution in [2.24, 2.45) is 5.92 Å². The Kier molecular flexibility index (Phi) is 4.86. The maximum atomic E-state index is 11.1. The molecule has 0 amide bonds. The first-order chi connectivity index (χ1) is 9.10. The Hall–Kier alpha value is -1.03. The van der Waals surface area contributed by atoms with Gasteiger partial charge in [-0.1, -0.05) is 13.3 Å². The molecule has 1 N–H and O–H groups in total. The lowest BCUT2D eigenvalue weighted by Crippen LogP contribution is -2.24. The van der Waals surface area contributed by atoms with Gasteiger partial charge in [0.25, 0.3) is 0 Å². The third-order valence-corrected chi connectivity index (χ3v) is 4.53. The molecule has 0 unspecified atom stereocenters. The normalized spacial score (nSPS) is 23.1. The first-order valence-electron chi connectivity index (χ1n) is 6.79. The summed E-state index contributed by atoms with van der Waals surface area (Å²) in [5.74, 6) is 0.548. The van der Waals surface area contributed by atoms with Gasteiger partial charge in [0.05, 0.1) is 11.7 Å². The largest absolute Gasteiger partial charge is 0.490 e. The molecule has 0 atom stereocenters. The van der Waals surface area contributed by atoms with E-state index in [2.05, 4.69) is 22.9 Å². The number of benzene rings is 1. The third-order valence-electron chi connectivity index (χ3n) is 3.84. The highest BCUT2D eigenvalue weighted by Crippen LogP contribution is 2.30. The molecule has 3 nitrogen and oxygen atoms in total. The molecule has 4 heteroatoms. The first kappa shape index (κ1) is 14.4. The summed E-state index contributed by atoms with van der Waals surface area (Å²) in [6.45, 7) is 2.24. The zero-order valence-electron chi connectivity index (χ0n) is 11.1. The Labute approximate surface area is 122 Å². The first-order valence-corrected chi connectivity index (χ1v) is 7.59. The van der Waals surface area contributed by atoms with E-state index in [0.29, 0.717) is 10.2 Å². The van der Waals surface area contributed by atoms with Gasteiger partial charge >= 0.3 is 5.97 Å². The summed E-state index contributed by atoms with van der Waals surface area (Å²) in [6.07, 6.45) is 6.03. The van der Waals surface area contributed by atoms with Crippen molar-refractivity contribution in [3.63, 3.8) is 0 Å². The van der Waals surface area contributed by atoms with Crippen LogP contribution in [0.2, 0.25) is 0 Å². The van der Waals surface area contributed by atoms with Crippen molar-refractivity contribution in [2.45, 2.75) is 45.1 Å². The van der Waals surface area contributed by atoms with Crippen molar-refractivity contribution in [1.82, 2.24) is 0 Å². The molecule has 1 fully saturated rings. The number of rotatable bonds is 4. The quantitative estimate of drug-likeness (QED) is 0.886. The third kappa shape index (κ3) is 3.72. The maximum Gasteiger partial charge on any atom is 0.336 e. The second-order valence-electron chi connectivity index (χ2n) is 5.12. The Morgan fingerprint density at radius 3 is 2.63 bits per heavy atom. The zero-order chi connectivity index (χ0) is 13.8. The molecule has 104 valence electrons. The van der Waals surface area contributed by atoms with Crippen molar-refractivity contribution >= 4 is 21.9 Å². The van der Waals surface area contributed by atoms with Gasteiger partial charge in [-0.05, 0) is 65.7 Å². The van der Waals surface area contributed by atoms with Crippen molar-refractivity contribution in [2.75, 3.05) is 0 Å². The summed E-state index contributed by atoms with van der Waals surface area (Å²) in [5.41, 5.74) is 0.250. The average Bonchev–Trinajstić information content (AvgIpc) is 2.41. The lowest BCUT2D eigenvalue weighted by molar-refractivity contribution is 0.0694. The van der Waals surface area contributed by atoms with Gasteiger partial charge in [-0.2, -0.15) is 0 Å². The van der Waals surface area contributed by atoms with Gasteiger partial charge in [0.2, 0.25) is 0 Å². The molecule has 0 bridgehead atoms. The Morgan fingerprint density at radius 1 is 1.37 bits per heavy atom. The minimum absolute atomic E-state index is 0.227. The summed E-state index contributed by atoms with van der Waals surface area (Å²) >= 11 is 3.24. The summed E-state index contributed by atoms with van der Waals surface area (Å²) in [6, 6.07) is 5.15. The molecule has 0 radical (unpaired) electrons. The van der Waals surface area contributed by atoms with Crippen LogP contribution in [0.1, 0.15) is 49.4 Å². The molecule has 0 saturated heterocycles. The number of halogens is 1. The average molecular weight is 327 g/mol. The fourth-order valence-electron chi connectivity index (χ4n) is 2.59. The van der Waals surface area contributed by atoms with Crippen LogP contribution in [0.25, 0.3) is 0 Å². The molecule has 1 aromatic rings. The standard InChI is InChI=1S/C15H19BrO3/c1-2-10-3-5-11(6-4-10)19-12-7-8-14(16)13(9-12)15(17)18/h7-11H,2-6H2,1H3,(H,17,18). The van der Waals surface area contributed by atoms with E-state index in [1.165, 1.54) is 19.3 Å². The van der Waals surface area contributed by atoms with Crippen molar-refractivity contribution < 1.29 is 14.6 Å². The number of carbonyl (C=O) groups is 1. The van der Waals surface area contributed by atoms with Crippen LogP contribution < -0.4 is 4.74 Å².